The second-order valence-electron chi connectivity index (χ2n) is 8.79. The van der Waals surface area contributed by atoms with Crippen molar-refractivity contribution in [3.8, 4) is 11.5 Å². The van der Waals surface area contributed by atoms with Crippen molar-refractivity contribution in [3.05, 3.63) is 33.8 Å². The number of carbonyl (C=O) groups excluding carboxylic acids is 2. The van der Waals surface area contributed by atoms with Crippen LogP contribution in [-0.4, -0.2) is 54.8 Å². The monoisotopic (exact) mass is 461 g/mol. The molecular formula is C23H31N3O5S. The molecule has 32 heavy (non-hydrogen) atoms. The van der Waals surface area contributed by atoms with Crippen LogP contribution in [0.25, 0.3) is 0 Å². The van der Waals surface area contributed by atoms with Crippen LogP contribution >= 0.6 is 11.3 Å². The number of aromatic nitrogens is 1. The highest BCUT2D eigenvalue weighted by Crippen LogP contribution is 2.34. The predicted molar refractivity (Wildman–Crippen MR) is 124 cm³/mol. The van der Waals surface area contributed by atoms with Gasteiger partial charge in [-0.25, -0.2) is 9.78 Å². The van der Waals surface area contributed by atoms with E-state index in [9.17, 15) is 9.59 Å². The van der Waals surface area contributed by atoms with Gasteiger partial charge in [-0.2, -0.15) is 0 Å². The van der Waals surface area contributed by atoms with E-state index in [2.05, 4.69) is 10.3 Å². The van der Waals surface area contributed by atoms with Crippen LogP contribution in [0, 0.1) is 6.92 Å². The van der Waals surface area contributed by atoms with Gasteiger partial charge in [0.2, 0.25) is 0 Å². The zero-order valence-electron chi connectivity index (χ0n) is 19.5. The normalized spacial score (nSPS) is 14.8. The summed E-state index contributed by atoms with van der Waals surface area (Å²) < 4.78 is 16.1. The highest BCUT2D eigenvalue weighted by Gasteiger charge is 2.29. The van der Waals surface area contributed by atoms with Crippen LogP contribution in [-0.2, 0) is 4.74 Å². The number of hydrogen-bond acceptors (Lipinski definition) is 7. The first-order valence-electron chi connectivity index (χ1n) is 10.6. The molecule has 174 valence electrons. The van der Waals surface area contributed by atoms with Crippen LogP contribution in [0.5, 0.6) is 11.5 Å². The van der Waals surface area contributed by atoms with Gasteiger partial charge in [-0.1, -0.05) is 0 Å². The van der Waals surface area contributed by atoms with Crippen molar-refractivity contribution < 1.29 is 23.8 Å². The van der Waals surface area contributed by atoms with Crippen LogP contribution in [0.4, 0.5) is 10.5 Å². The van der Waals surface area contributed by atoms with E-state index >= 15 is 0 Å². The number of amides is 2. The smallest absolute Gasteiger partial charge is 0.410 e. The number of aryl methyl sites for hydroxylation is 1. The minimum atomic E-state index is -0.502. The standard InChI is InChI=1S/C23H31N3O5S/c1-14-11-18(29-5)19(30-6)12-16(14)24-20(27)17-13-32-21(25-17)15-7-9-26(10-8-15)22(28)31-23(2,3)4/h11-13,15H,7-10H2,1-6H3,(H,24,27). The van der Waals surface area contributed by atoms with Crippen molar-refractivity contribution in [1.82, 2.24) is 9.88 Å². The summed E-state index contributed by atoms with van der Waals surface area (Å²) in [6.07, 6.45) is 1.31. The van der Waals surface area contributed by atoms with Gasteiger partial charge in [0.1, 0.15) is 11.3 Å². The minimum absolute atomic E-state index is 0.225. The molecule has 1 aromatic heterocycles. The van der Waals surface area contributed by atoms with E-state index in [4.69, 9.17) is 14.2 Å². The maximum absolute atomic E-state index is 12.8. The van der Waals surface area contributed by atoms with E-state index in [0.717, 1.165) is 23.4 Å². The summed E-state index contributed by atoms with van der Waals surface area (Å²) in [7, 11) is 3.13. The molecule has 1 N–H and O–H groups in total. The number of thiazole rings is 1. The second-order valence-corrected chi connectivity index (χ2v) is 9.68. The SMILES string of the molecule is COc1cc(C)c(NC(=O)c2csc(C3CCN(C(=O)OC(C)(C)C)CC3)n2)cc1OC. The number of nitrogens with one attached hydrogen (secondary N) is 1. The van der Waals surface area contributed by atoms with Gasteiger partial charge >= 0.3 is 6.09 Å². The number of hydrogen-bond donors (Lipinski definition) is 1. The lowest BCUT2D eigenvalue weighted by Gasteiger charge is -2.32. The number of piperidine rings is 1. The summed E-state index contributed by atoms with van der Waals surface area (Å²) in [5.74, 6) is 1.11. The molecule has 2 aromatic rings. The first-order chi connectivity index (χ1) is 15.1. The number of carbonyl (C=O) groups is 2. The Hall–Kier alpha value is -2.81. The molecule has 0 radical (unpaired) electrons. The molecule has 2 amide bonds. The number of anilines is 1. The average molecular weight is 462 g/mol. The molecule has 0 aliphatic carbocycles. The number of rotatable bonds is 5. The van der Waals surface area contributed by atoms with E-state index < -0.39 is 5.60 Å². The molecule has 0 spiro atoms. The molecule has 1 aliphatic rings. The molecule has 2 heterocycles. The van der Waals surface area contributed by atoms with Crippen molar-refractivity contribution in [2.75, 3.05) is 32.6 Å². The number of methoxy groups -OCH3 is 2. The third kappa shape index (κ3) is 5.70. The first kappa shape index (κ1) is 23.8. The fourth-order valence-corrected chi connectivity index (χ4v) is 4.49. The summed E-state index contributed by atoms with van der Waals surface area (Å²) in [5, 5.41) is 5.61. The molecule has 0 saturated carbocycles. The van der Waals surface area contributed by atoms with Gasteiger partial charge in [-0.3, -0.25) is 4.79 Å². The molecule has 1 fully saturated rings. The number of nitrogens with zero attached hydrogens (tertiary/aromatic N) is 2. The molecular weight excluding hydrogens is 430 g/mol. The lowest BCUT2D eigenvalue weighted by atomic mass is 9.98. The van der Waals surface area contributed by atoms with E-state index in [1.807, 2.05) is 33.8 Å². The fraction of sp³-hybridized carbons (Fsp3) is 0.522. The lowest BCUT2D eigenvalue weighted by Crippen LogP contribution is -2.41. The number of likely N-dealkylation sites (tertiary alicyclic amines) is 1. The van der Waals surface area contributed by atoms with Crippen molar-refractivity contribution in [2.45, 2.75) is 52.1 Å². The summed E-state index contributed by atoms with van der Waals surface area (Å²) in [4.78, 5) is 31.4. The zero-order chi connectivity index (χ0) is 23.5. The minimum Gasteiger partial charge on any atom is -0.493 e. The van der Waals surface area contributed by atoms with Gasteiger partial charge in [0.25, 0.3) is 5.91 Å². The number of benzene rings is 1. The quantitative estimate of drug-likeness (QED) is 0.686. The lowest BCUT2D eigenvalue weighted by molar-refractivity contribution is 0.0204. The molecule has 0 unspecified atom stereocenters. The highest BCUT2D eigenvalue weighted by molar-refractivity contribution is 7.10. The van der Waals surface area contributed by atoms with Crippen LogP contribution < -0.4 is 14.8 Å². The summed E-state index contributed by atoms with van der Waals surface area (Å²) in [6, 6.07) is 3.56. The van der Waals surface area contributed by atoms with Crippen molar-refractivity contribution in [3.63, 3.8) is 0 Å². The Kier molecular flexibility index (Phi) is 7.28. The molecule has 1 aliphatic heterocycles. The Bertz CT molecular complexity index is 974. The largest absolute Gasteiger partial charge is 0.493 e. The van der Waals surface area contributed by atoms with E-state index in [0.29, 0.717) is 36.0 Å². The predicted octanol–water partition coefficient (Wildman–Crippen LogP) is 4.84. The first-order valence-corrected chi connectivity index (χ1v) is 11.5. The Balaban J connectivity index is 1.62. The van der Waals surface area contributed by atoms with E-state index in [1.165, 1.54) is 11.3 Å². The topological polar surface area (TPSA) is 90.0 Å². The third-order valence-corrected chi connectivity index (χ3v) is 6.24. The van der Waals surface area contributed by atoms with Crippen molar-refractivity contribution in [2.24, 2.45) is 0 Å². The van der Waals surface area contributed by atoms with Gasteiger partial charge in [0.05, 0.1) is 19.2 Å². The van der Waals surface area contributed by atoms with Crippen molar-refractivity contribution in [1.29, 1.82) is 0 Å². The van der Waals surface area contributed by atoms with Gasteiger partial charge in [-0.15, -0.1) is 11.3 Å². The Morgan fingerprint density at radius 2 is 1.75 bits per heavy atom. The second kappa shape index (κ2) is 9.77. The van der Waals surface area contributed by atoms with Crippen molar-refractivity contribution >= 4 is 29.0 Å². The molecule has 0 bridgehead atoms. The molecule has 3 rings (SSSR count). The molecule has 1 saturated heterocycles. The number of ether oxygens (including phenoxy) is 3. The van der Waals surface area contributed by atoms with Crippen LogP contribution in [0.1, 0.15) is 60.6 Å². The van der Waals surface area contributed by atoms with Gasteiger partial charge in [0.15, 0.2) is 11.5 Å². The maximum Gasteiger partial charge on any atom is 0.410 e. The van der Waals surface area contributed by atoms with Gasteiger partial charge < -0.3 is 24.4 Å². The van der Waals surface area contributed by atoms with Gasteiger partial charge in [-0.05, 0) is 52.2 Å². The maximum atomic E-state index is 12.8. The van der Waals surface area contributed by atoms with Gasteiger partial charge in [0, 0.05) is 36.1 Å². The zero-order valence-corrected chi connectivity index (χ0v) is 20.3. The molecule has 0 atom stereocenters. The van der Waals surface area contributed by atoms with E-state index in [1.54, 1.807) is 30.6 Å². The molecule has 9 heteroatoms. The Labute approximate surface area is 192 Å². The fourth-order valence-electron chi connectivity index (χ4n) is 3.52. The highest BCUT2D eigenvalue weighted by atomic mass is 32.1. The molecule has 1 aromatic carbocycles. The summed E-state index contributed by atoms with van der Waals surface area (Å²) in [5.41, 5.74) is 1.39. The van der Waals surface area contributed by atoms with Crippen LogP contribution in [0.2, 0.25) is 0 Å². The van der Waals surface area contributed by atoms with Crippen LogP contribution in [0.3, 0.4) is 0 Å². The summed E-state index contributed by atoms with van der Waals surface area (Å²) in [6.45, 7) is 8.72. The Morgan fingerprint density at radius 3 is 2.34 bits per heavy atom. The summed E-state index contributed by atoms with van der Waals surface area (Å²) >= 11 is 1.48. The Morgan fingerprint density at radius 1 is 1.12 bits per heavy atom. The third-order valence-electron chi connectivity index (χ3n) is 5.23. The van der Waals surface area contributed by atoms with Crippen LogP contribution in [0.15, 0.2) is 17.5 Å². The average Bonchev–Trinajstić information content (AvgIpc) is 3.24. The molecule has 8 nitrogen and oxygen atoms in total. The van der Waals surface area contributed by atoms with E-state index in [-0.39, 0.29) is 17.9 Å².